The molecule has 0 radical (unpaired) electrons. The Bertz CT molecular complexity index is 868. The molecule has 11 heteroatoms. The third-order valence-electron chi connectivity index (χ3n) is 4.87. The van der Waals surface area contributed by atoms with Crippen molar-refractivity contribution in [3.05, 3.63) is 45.4 Å². The Morgan fingerprint density at radius 1 is 1.10 bits per heavy atom. The summed E-state index contributed by atoms with van der Waals surface area (Å²) < 4.78 is 77.8. The number of aryl methyl sites for hydroxylation is 1. The molecule has 1 fully saturated rings. The Kier molecular flexibility index (Phi) is 6.42. The van der Waals surface area contributed by atoms with Crippen molar-refractivity contribution in [2.24, 2.45) is 5.92 Å². The van der Waals surface area contributed by atoms with Gasteiger partial charge in [0.1, 0.15) is 0 Å². The van der Waals surface area contributed by atoms with Gasteiger partial charge in [0, 0.05) is 23.5 Å². The maximum Gasteiger partial charge on any atom is 0.416 e. The molecule has 2 heterocycles. The Balaban J connectivity index is 1.64. The van der Waals surface area contributed by atoms with Gasteiger partial charge in [0.25, 0.3) is 0 Å². The first kappa shape index (κ1) is 22.5. The van der Waals surface area contributed by atoms with Crippen molar-refractivity contribution in [1.82, 2.24) is 9.88 Å². The van der Waals surface area contributed by atoms with E-state index in [2.05, 4.69) is 15.2 Å². The van der Waals surface area contributed by atoms with Gasteiger partial charge in [-0.1, -0.05) is 0 Å². The van der Waals surface area contributed by atoms with Crippen molar-refractivity contribution in [2.75, 3.05) is 18.4 Å². The van der Waals surface area contributed by atoms with Gasteiger partial charge >= 0.3 is 12.4 Å². The van der Waals surface area contributed by atoms with Crippen LogP contribution in [0.3, 0.4) is 0 Å². The van der Waals surface area contributed by atoms with Crippen molar-refractivity contribution in [3.63, 3.8) is 0 Å². The molecule has 0 aliphatic carbocycles. The van der Waals surface area contributed by atoms with E-state index < -0.39 is 41.0 Å². The van der Waals surface area contributed by atoms with Gasteiger partial charge in [-0.25, -0.2) is 4.98 Å². The fourth-order valence-corrected chi connectivity index (χ4v) is 3.94. The van der Waals surface area contributed by atoms with E-state index in [1.165, 1.54) is 0 Å². The van der Waals surface area contributed by atoms with Crippen LogP contribution in [0.15, 0.2) is 23.6 Å². The van der Waals surface area contributed by atoms with Gasteiger partial charge in [-0.3, -0.25) is 9.69 Å². The second-order valence-corrected chi connectivity index (χ2v) is 8.25. The summed E-state index contributed by atoms with van der Waals surface area (Å²) in [5, 5.41) is 5.15. The number of halogens is 6. The minimum Gasteiger partial charge on any atom is -0.326 e. The van der Waals surface area contributed by atoms with Gasteiger partial charge in [-0.05, 0) is 51.1 Å². The van der Waals surface area contributed by atoms with Crippen molar-refractivity contribution in [3.8, 4) is 0 Å². The van der Waals surface area contributed by atoms with E-state index in [0.29, 0.717) is 44.6 Å². The number of hydrogen-bond donors (Lipinski definition) is 1. The zero-order valence-corrected chi connectivity index (χ0v) is 16.7. The average molecular weight is 451 g/mol. The van der Waals surface area contributed by atoms with E-state index in [0.717, 1.165) is 10.7 Å². The molecular formula is C19H19F6N3OS. The zero-order valence-electron chi connectivity index (χ0n) is 15.9. The third-order valence-corrected chi connectivity index (χ3v) is 5.69. The summed E-state index contributed by atoms with van der Waals surface area (Å²) in [6.45, 7) is 3.72. The summed E-state index contributed by atoms with van der Waals surface area (Å²) in [5.41, 5.74) is -2.49. The molecule has 0 bridgehead atoms. The molecule has 3 rings (SSSR count). The van der Waals surface area contributed by atoms with Crippen molar-refractivity contribution in [1.29, 1.82) is 0 Å². The number of nitrogens with zero attached hydrogens (tertiary/aromatic N) is 2. The summed E-state index contributed by atoms with van der Waals surface area (Å²) >= 11 is 1.54. The highest BCUT2D eigenvalue weighted by Crippen LogP contribution is 2.37. The number of nitrogens with one attached hydrogen (secondary N) is 1. The number of alkyl halides is 6. The van der Waals surface area contributed by atoms with Crippen LogP contribution in [0.5, 0.6) is 0 Å². The van der Waals surface area contributed by atoms with Gasteiger partial charge in [0.15, 0.2) is 0 Å². The highest BCUT2D eigenvalue weighted by Gasteiger charge is 2.37. The van der Waals surface area contributed by atoms with Crippen LogP contribution in [-0.4, -0.2) is 28.9 Å². The van der Waals surface area contributed by atoms with E-state index in [1.54, 1.807) is 11.3 Å². The third kappa shape index (κ3) is 5.72. The van der Waals surface area contributed by atoms with Gasteiger partial charge in [0.2, 0.25) is 5.91 Å². The highest BCUT2D eigenvalue weighted by atomic mass is 32.1. The van der Waals surface area contributed by atoms with Gasteiger partial charge in [0.05, 0.1) is 21.8 Å². The molecule has 1 aliphatic rings. The molecule has 1 aromatic carbocycles. The Hall–Kier alpha value is -2.14. The predicted octanol–water partition coefficient (Wildman–Crippen LogP) is 5.34. The lowest BCUT2D eigenvalue weighted by Gasteiger charge is -2.30. The number of rotatable bonds is 4. The zero-order chi connectivity index (χ0) is 22.1. The number of anilines is 1. The summed E-state index contributed by atoms with van der Waals surface area (Å²) in [5.74, 6) is -1.06. The number of likely N-dealkylation sites (tertiary alicyclic amines) is 1. The smallest absolute Gasteiger partial charge is 0.326 e. The molecule has 0 atom stereocenters. The first-order valence-electron chi connectivity index (χ1n) is 9.15. The molecule has 4 nitrogen and oxygen atoms in total. The maximum absolute atomic E-state index is 13.0. The second-order valence-electron chi connectivity index (χ2n) is 7.19. The molecule has 2 aromatic rings. The molecule has 1 aliphatic heterocycles. The number of aromatic nitrogens is 1. The molecule has 30 heavy (non-hydrogen) atoms. The Morgan fingerprint density at radius 2 is 1.67 bits per heavy atom. The van der Waals surface area contributed by atoms with Crippen LogP contribution in [0.1, 0.15) is 34.7 Å². The molecule has 0 saturated carbocycles. The van der Waals surface area contributed by atoms with Crippen molar-refractivity contribution >= 4 is 22.9 Å². The molecule has 1 amide bonds. The number of carbonyl (C=O) groups is 1. The van der Waals surface area contributed by atoms with Gasteiger partial charge < -0.3 is 5.32 Å². The van der Waals surface area contributed by atoms with E-state index in [1.807, 2.05) is 12.3 Å². The van der Waals surface area contributed by atoms with Crippen LogP contribution >= 0.6 is 11.3 Å². The monoisotopic (exact) mass is 451 g/mol. The highest BCUT2D eigenvalue weighted by molar-refractivity contribution is 7.09. The Morgan fingerprint density at radius 3 is 2.13 bits per heavy atom. The van der Waals surface area contributed by atoms with Gasteiger partial charge in [-0.15, -0.1) is 11.3 Å². The maximum atomic E-state index is 13.0. The van der Waals surface area contributed by atoms with Crippen LogP contribution in [0.4, 0.5) is 32.0 Å². The van der Waals surface area contributed by atoms with E-state index in [-0.39, 0.29) is 6.07 Å². The first-order valence-corrected chi connectivity index (χ1v) is 10.0. The van der Waals surface area contributed by atoms with Crippen LogP contribution in [0, 0.1) is 12.8 Å². The molecule has 1 aromatic heterocycles. The van der Waals surface area contributed by atoms with E-state index in [4.69, 9.17) is 0 Å². The number of hydrogen-bond acceptors (Lipinski definition) is 4. The van der Waals surface area contributed by atoms with Gasteiger partial charge in [-0.2, -0.15) is 26.3 Å². The SMILES string of the molecule is Cc1nc(CN2CCC(C(=O)Nc3cc(C(F)(F)F)cc(C(F)(F)F)c3)CC2)cs1. The number of piperidine rings is 1. The van der Waals surface area contributed by atoms with Crippen molar-refractivity contribution in [2.45, 2.75) is 38.7 Å². The predicted molar refractivity (Wildman–Crippen MR) is 99.9 cm³/mol. The number of thiazole rings is 1. The van der Waals surface area contributed by atoms with Crippen LogP contribution in [0.2, 0.25) is 0 Å². The fourth-order valence-electron chi connectivity index (χ4n) is 3.33. The topological polar surface area (TPSA) is 45.2 Å². The number of benzene rings is 1. The van der Waals surface area contributed by atoms with Crippen LogP contribution < -0.4 is 5.32 Å². The standard InChI is InChI=1S/C19H19F6N3OS/c1-11-26-16(10-30-11)9-28-4-2-12(3-5-28)17(29)27-15-7-13(18(20,21)22)6-14(8-15)19(23,24)25/h6-8,10,12H,2-5,9H2,1H3,(H,27,29). The first-order chi connectivity index (χ1) is 13.9. The van der Waals surface area contributed by atoms with Crippen LogP contribution in [-0.2, 0) is 23.7 Å². The Labute approximate surface area is 172 Å². The van der Waals surface area contributed by atoms with Crippen LogP contribution in [0.25, 0.3) is 0 Å². The quantitative estimate of drug-likeness (QED) is 0.639. The lowest BCUT2D eigenvalue weighted by molar-refractivity contribution is -0.143. The van der Waals surface area contributed by atoms with Crippen molar-refractivity contribution < 1.29 is 31.1 Å². The summed E-state index contributed by atoms with van der Waals surface area (Å²) in [6.07, 6.45) is -9.00. The normalized spacial score (nSPS) is 16.6. The summed E-state index contributed by atoms with van der Waals surface area (Å²) in [7, 11) is 0. The molecule has 164 valence electrons. The lowest BCUT2D eigenvalue weighted by Crippen LogP contribution is -2.37. The molecule has 0 spiro atoms. The lowest BCUT2D eigenvalue weighted by atomic mass is 9.95. The minimum atomic E-state index is -4.96. The van der Waals surface area contributed by atoms with E-state index >= 15 is 0 Å². The molecule has 1 N–H and O–H groups in total. The fraction of sp³-hybridized carbons (Fsp3) is 0.474. The van der Waals surface area contributed by atoms with E-state index in [9.17, 15) is 31.1 Å². The minimum absolute atomic E-state index is 0.0360. The molecule has 1 saturated heterocycles. The number of amides is 1. The summed E-state index contributed by atoms with van der Waals surface area (Å²) in [6, 6.07) is 1.08. The molecular weight excluding hydrogens is 432 g/mol. The second kappa shape index (κ2) is 8.54. The molecule has 0 unspecified atom stereocenters. The largest absolute Gasteiger partial charge is 0.416 e. The average Bonchev–Trinajstić information content (AvgIpc) is 3.05. The number of carbonyl (C=O) groups excluding carboxylic acids is 1. The summed E-state index contributed by atoms with van der Waals surface area (Å²) in [4.78, 5) is 19.0.